The van der Waals surface area contributed by atoms with E-state index in [1.54, 1.807) is 0 Å². The molecule has 1 fully saturated rings. The summed E-state index contributed by atoms with van der Waals surface area (Å²) in [6.45, 7) is 8.20. The average molecular weight is 294 g/mol. The van der Waals surface area contributed by atoms with E-state index in [9.17, 15) is 0 Å². The zero-order valence-electron chi connectivity index (χ0n) is 13.6. The van der Waals surface area contributed by atoms with Crippen LogP contribution < -0.4 is 11.3 Å². The second-order valence-corrected chi connectivity index (χ2v) is 6.32. The largest absolute Gasteiger partial charge is 0.373 e. The van der Waals surface area contributed by atoms with Crippen LogP contribution in [0.15, 0.2) is 12.4 Å². The number of aromatic nitrogens is 2. The quantitative estimate of drug-likeness (QED) is 0.599. The highest BCUT2D eigenvalue weighted by atomic mass is 16.5. The lowest BCUT2D eigenvalue weighted by Crippen LogP contribution is -2.50. The van der Waals surface area contributed by atoms with Crippen LogP contribution in [0.5, 0.6) is 0 Å². The predicted octanol–water partition coefficient (Wildman–Crippen LogP) is 2.78. The maximum Gasteiger partial charge on any atom is 0.0890 e. The van der Waals surface area contributed by atoms with Crippen LogP contribution >= 0.6 is 0 Å². The third-order valence-corrected chi connectivity index (χ3v) is 4.68. The van der Waals surface area contributed by atoms with Gasteiger partial charge < -0.3 is 4.74 Å². The Morgan fingerprint density at radius 2 is 2.19 bits per heavy atom. The van der Waals surface area contributed by atoms with Crippen LogP contribution in [0.1, 0.15) is 64.5 Å². The van der Waals surface area contributed by atoms with E-state index in [4.69, 9.17) is 10.6 Å². The SMILES string of the molecule is CCCn1cc(C(NN)C2(OCC)CCC(C)CC2)cn1. The van der Waals surface area contributed by atoms with Crippen LogP contribution in [-0.4, -0.2) is 22.0 Å². The summed E-state index contributed by atoms with van der Waals surface area (Å²) in [5.74, 6) is 6.68. The number of hydrogen-bond acceptors (Lipinski definition) is 4. The van der Waals surface area contributed by atoms with Crippen molar-refractivity contribution in [1.29, 1.82) is 0 Å². The molecule has 120 valence electrons. The maximum absolute atomic E-state index is 6.22. The molecule has 3 N–H and O–H groups in total. The lowest BCUT2D eigenvalue weighted by Gasteiger charge is -2.44. The number of nitrogens with zero attached hydrogens (tertiary/aromatic N) is 2. The Bertz CT molecular complexity index is 424. The highest BCUT2D eigenvalue weighted by molar-refractivity contribution is 5.17. The molecule has 5 nitrogen and oxygen atoms in total. The first-order chi connectivity index (χ1) is 10.1. The molecule has 0 radical (unpaired) electrons. The van der Waals surface area contributed by atoms with E-state index >= 15 is 0 Å². The number of nitrogens with two attached hydrogens (primary N) is 1. The van der Waals surface area contributed by atoms with Crippen LogP contribution in [-0.2, 0) is 11.3 Å². The molecule has 1 unspecified atom stereocenters. The van der Waals surface area contributed by atoms with Crippen molar-refractivity contribution in [2.24, 2.45) is 11.8 Å². The van der Waals surface area contributed by atoms with Gasteiger partial charge in [0.1, 0.15) is 0 Å². The second-order valence-electron chi connectivity index (χ2n) is 6.32. The Balaban J connectivity index is 2.22. The van der Waals surface area contributed by atoms with Crippen molar-refractivity contribution in [1.82, 2.24) is 15.2 Å². The lowest BCUT2D eigenvalue weighted by atomic mass is 9.74. The molecule has 1 aliphatic rings. The molecule has 0 bridgehead atoms. The predicted molar refractivity (Wildman–Crippen MR) is 84.6 cm³/mol. The maximum atomic E-state index is 6.22. The van der Waals surface area contributed by atoms with Crippen molar-refractivity contribution in [3.05, 3.63) is 18.0 Å². The molecule has 5 heteroatoms. The first-order valence-corrected chi connectivity index (χ1v) is 8.27. The number of ether oxygens (including phenoxy) is 1. The number of nitrogens with one attached hydrogen (secondary N) is 1. The van der Waals surface area contributed by atoms with Gasteiger partial charge in [0.25, 0.3) is 0 Å². The summed E-state index contributed by atoms with van der Waals surface area (Å²) in [4.78, 5) is 0. The number of hydrazine groups is 1. The molecule has 1 aromatic heterocycles. The summed E-state index contributed by atoms with van der Waals surface area (Å²) >= 11 is 0. The molecule has 1 aromatic rings. The normalized spacial score (nSPS) is 27.7. The molecule has 0 saturated heterocycles. The standard InChI is InChI=1S/C16H30N4O/c1-4-10-20-12-14(11-18-20)15(19-17)16(21-5-2)8-6-13(3)7-9-16/h11-13,15,19H,4-10,17H2,1-3H3. The number of hydrogen-bond donors (Lipinski definition) is 2. The van der Waals surface area contributed by atoms with Crippen molar-refractivity contribution in [3.63, 3.8) is 0 Å². The minimum atomic E-state index is -0.198. The van der Waals surface area contributed by atoms with Crippen molar-refractivity contribution in [2.45, 2.75) is 71.1 Å². The van der Waals surface area contributed by atoms with E-state index in [1.807, 2.05) is 10.9 Å². The summed E-state index contributed by atoms with van der Waals surface area (Å²) in [5.41, 5.74) is 3.94. The van der Waals surface area contributed by atoms with Gasteiger partial charge in [-0.25, -0.2) is 5.43 Å². The van der Waals surface area contributed by atoms with Gasteiger partial charge in [-0.3, -0.25) is 10.5 Å². The fourth-order valence-electron chi connectivity index (χ4n) is 3.49. The molecule has 0 amide bonds. The molecular formula is C16H30N4O. The smallest absolute Gasteiger partial charge is 0.0890 e. The molecule has 2 rings (SSSR count). The first kappa shape index (κ1) is 16.5. The summed E-state index contributed by atoms with van der Waals surface area (Å²) in [6, 6.07) is 0.00977. The molecule has 21 heavy (non-hydrogen) atoms. The van der Waals surface area contributed by atoms with E-state index < -0.39 is 0 Å². The fourth-order valence-corrected chi connectivity index (χ4v) is 3.49. The van der Waals surface area contributed by atoms with Crippen LogP contribution in [0.25, 0.3) is 0 Å². The molecule has 1 heterocycles. The van der Waals surface area contributed by atoms with Gasteiger partial charge in [-0.2, -0.15) is 5.10 Å². The zero-order chi connectivity index (χ0) is 15.3. The van der Waals surface area contributed by atoms with Gasteiger partial charge in [0, 0.05) is 24.9 Å². The molecule has 1 atom stereocenters. The summed E-state index contributed by atoms with van der Waals surface area (Å²) in [6.07, 6.45) is 9.61. The first-order valence-electron chi connectivity index (χ1n) is 8.27. The summed E-state index contributed by atoms with van der Waals surface area (Å²) in [7, 11) is 0. The third-order valence-electron chi connectivity index (χ3n) is 4.68. The fraction of sp³-hybridized carbons (Fsp3) is 0.812. The lowest BCUT2D eigenvalue weighted by molar-refractivity contribution is -0.0977. The van der Waals surface area contributed by atoms with E-state index in [0.717, 1.165) is 43.9 Å². The number of aryl methyl sites for hydroxylation is 1. The summed E-state index contributed by atoms with van der Waals surface area (Å²) in [5, 5.41) is 4.44. The Morgan fingerprint density at radius 1 is 1.48 bits per heavy atom. The van der Waals surface area contributed by atoms with Gasteiger partial charge in [0.2, 0.25) is 0 Å². The van der Waals surface area contributed by atoms with E-state index in [2.05, 4.69) is 37.5 Å². The molecule has 0 spiro atoms. The van der Waals surface area contributed by atoms with Gasteiger partial charge in [-0.15, -0.1) is 0 Å². The molecule has 1 saturated carbocycles. The van der Waals surface area contributed by atoms with Gasteiger partial charge in [0.05, 0.1) is 17.8 Å². The van der Waals surface area contributed by atoms with E-state index in [1.165, 1.54) is 12.8 Å². The van der Waals surface area contributed by atoms with Gasteiger partial charge in [0.15, 0.2) is 0 Å². The Kier molecular flexibility index (Phi) is 5.79. The van der Waals surface area contributed by atoms with Crippen molar-refractivity contribution < 1.29 is 4.74 Å². The summed E-state index contributed by atoms with van der Waals surface area (Å²) < 4.78 is 8.21. The minimum Gasteiger partial charge on any atom is -0.373 e. The Labute approximate surface area is 128 Å². The Morgan fingerprint density at radius 3 is 2.76 bits per heavy atom. The van der Waals surface area contributed by atoms with Gasteiger partial charge in [-0.05, 0) is 44.9 Å². The topological polar surface area (TPSA) is 65.1 Å². The van der Waals surface area contributed by atoms with E-state index in [-0.39, 0.29) is 11.6 Å². The van der Waals surface area contributed by atoms with Crippen LogP contribution in [0.3, 0.4) is 0 Å². The van der Waals surface area contributed by atoms with Gasteiger partial charge in [-0.1, -0.05) is 13.8 Å². The van der Waals surface area contributed by atoms with Crippen LogP contribution in [0.2, 0.25) is 0 Å². The zero-order valence-corrected chi connectivity index (χ0v) is 13.6. The monoisotopic (exact) mass is 294 g/mol. The van der Waals surface area contributed by atoms with Crippen molar-refractivity contribution >= 4 is 0 Å². The van der Waals surface area contributed by atoms with Crippen molar-refractivity contribution in [3.8, 4) is 0 Å². The number of rotatable bonds is 7. The van der Waals surface area contributed by atoms with Gasteiger partial charge >= 0.3 is 0 Å². The third kappa shape index (κ3) is 3.65. The highest BCUT2D eigenvalue weighted by Crippen LogP contribution is 2.42. The van der Waals surface area contributed by atoms with Crippen LogP contribution in [0, 0.1) is 5.92 Å². The Hall–Kier alpha value is -0.910. The molecule has 0 aromatic carbocycles. The molecule has 0 aliphatic heterocycles. The van der Waals surface area contributed by atoms with Crippen molar-refractivity contribution in [2.75, 3.05) is 6.61 Å². The minimum absolute atomic E-state index is 0.00977. The molecular weight excluding hydrogens is 264 g/mol. The highest BCUT2D eigenvalue weighted by Gasteiger charge is 2.43. The molecule has 1 aliphatic carbocycles. The van der Waals surface area contributed by atoms with E-state index in [0.29, 0.717) is 0 Å². The van der Waals surface area contributed by atoms with Crippen LogP contribution in [0.4, 0.5) is 0 Å². The second kappa shape index (κ2) is 7.38. The average Bonchev–Trinajstić information content (AvgIpc) is 2.92.